The van der Waals surface area contributed by atoms with Crippen molar-refractivity contribution in [3.8, 4) is 0 Å². The smallest absolute Gasteiger partial charge is 0.127 e. The van der Waals surface area contributed by atoms with Crippen molar-refractivity contribution < 1.29 is 4.39 Å². The van der Waals surface area contributed by atoms with Crippen molar-refractivity contribution in [1.82, 2.24) is 0 Å². The maximum atomic E-state index is 13.9. The third kappa shape index (κ3) is 3.69. The Morgan fingerprint density at radius 2 is 1.70 bits per heavy atom. The maximum Gasteiger partial charge on any atom is 0.127 e. The summed E-state index contributed by atoms with van der Waals surface area (Å²) < 4.78 is 13.9. The largest absolute Gasteiger partial charge is 0.207 e. The molecule has 2 aromatic carbocycles. The molecule has 0 aliphatic carbocycles. The molecule has 0 aliphatic heterocycles. The van der Waals surface area contributed by atoms with E-state index in [0.29, 0.717) is 11.5 Å². The molecular formula is C18H20BrF. The van der Waals surface area contributed by atoms with E-state index in [9.17, 15) is 4.39 Å². The molecule has 0 saturated carbocycles. The van der Waals surface area contributed by atoms with Crippen LogP contribution in [-0.4, -0.2) is 0 Å². The van der Waals surface area contributed by atoms with Crippen molar-refractivity contribution in [3.05, 3.63) is 70.5 Å². The first kappa shape index (κ1) is 15.2. The van der Waals surface area contributed by atoms with E-state index in [1.165, 1.54) is 11.6 Å². The molecule has 0 amide bonds. The molecule has 2 aromatic rings. The highest BCUT2D eigenvalue weighted by molar-refractivity contribution is 9.09. The second kappa shape index (κ2) is 6.53. The first-order valence-electron chi connectivity index (χ1n) is 6.96. The van der Waals surface area contributed by atoms with Crippen LogP contribution in [-0.2, 0) is 6.42 Å². The summed E-state index contributed by atoms with van der Waals surface area (Å²) in [6, 6.07) is 13.7. The van der Waals surface area contributed by atoms with Gasteiger partial charge in [0, 0.05) is 5.56 Å². The van der Waals surface area contributed by atoms with Gasteiger partial charge in [-0.15, -0.1) is 0 Å². The predicted molar refractivity (Wildman–Crippen MR) is 86.9 cm³/mol. The minimum atomic E-state index is -0.163. The van der Waals surface area contributed by atoms with Crippen LogP contribution in [0.1, 0.15) is 40.9 Å². The van der Waals surface area contributed by atoms with Crippen molar-refractivity contribution in [3.63, 3.8) is 0 Å². The van der Waals surface area contributed by atoms with Gasteiger partial charge < -0.3 is 0 Å². The van der Waals surface area contributed by atoms with Crippen LogP contribution in [0, 0.1) is 18.7 Å². The van der Waals surface area contributed by atoms with E-state index >= 15 is 0 Å². The summed E-state index contributed by atoms with van der Waals surface area (Å²) in [5, 5.41) is 0. The van der Waals surface area contributed by atoms with Crippen molar-refractivity contribution in [2.24, 2.45) is 5.92 Å². The zero-order chi connectivity index (χ0) is 14.7. The molecule has 0 fully saturated rings. The number of halogens is 2. The molecular weight excluding hydrogens is 315 g/mol. The third-order valence-corrected chi connectivity index (χ3v) is 4.36. The van der Waals surface area contributed by atoms with Crippen molar-refractivity contribution >= 4 is 15.9 Å². The van der Waals surface area contributed by atoms with Gasteiger partial charge in [-0.2, -0.15) is 0 Å². The quantitative estimate of drug-likeness (QED) is 0.618. The SMILES string of the molecule is Cc1ccc(F)c(C(Br)c2ccc(CC(C)C)cc2)c1. The summed E-state index contributed by atoms with van der Waals surface area (Å²) in [4.78, 5) is -0.101. The summed E-state index contributed by atoms with van der Waals surface area (Å²) in [5.41, 5.74) is 4.18. The second-order valence-electron chi connectivity index (χ2n) is 5.73. The van der Waals surface area contributed by atoms with Crippen LogP contribution in [0.3, 0.4) is 0 Å². The van der Waals surface area contributed by atoms with Gasteiger partial charge in [0.1, 0.15) is 5.82 Å². The highest BCUT2D eigenvalue weighted by Crippen LogP contribution is 2.33. The molecule has 2 rings (SSSR count). The van der Waals surface area contributed by atoms with Gasteiger partial charge in [-0.05, 0) is 36.5 Å². The van der Waals surface area contributed by atoms with Crippen LogP contribution in [0.5, 0.6) is 0 Å². The monoisotopic (exact) mass is 334 g/mol. The molecule has 0 spiro atoms. The number of hydrogen-bond donors (Lipinski definition) is 0. The van der Waals surface area contributed by atoms with Crippen molar-refractivity contribution in [2.75, 3.05) is 0 Å². The van der Waals surface area contributed by atoms with Gasteiger partial charge in [0.25, 0.3) is 0 Å². The van der Waals surface area contributed by atoms with Gasteiger partial charge in [-0.25, -0.2) is 4.39 Å². The van der Waals surface area contributed by atoms with E-state index in [4.69, 9.17) is 0 Å². The van der Waals surface area contributed by atoms with Gasteiger partial charge in [0.05, 0.1) is 4.83 Å². The molecule has 20 heavy (non-hydrogen) atoms. The van der Waals surface area contributed by atoms with E-state index in [1.807, 2.05) is 13.0 Å². The van der Waals surface area contributed by atoms with E-state index in [1.54, 1.807) is 6.07 Å². The summed E-state index contributed by atoms with van der Waals surface area (Å²) in [6.07, 6.45) is 1.08. The third-order valence-electron chi connectivity index (χ3n) is 3.34. The molecule has 0 saturated heterocycles. The molecule has 1 unspecified atom stereocenters. The number of alkyl halides is 1. The van der Waals surface area contributed by atoms with E-state index in [-0.39, 0.29) is 10.6 Å². The Kier molecular flexibility index (Phi) is 4.98. The van der Waals surface area contributed by atoms with Gasteiger partial charge in [0.2, 0.25) is 0 Å². The van der Waals surface area contributed by atoms with Crippen LogP contribution < -0.4 is 0 Å². The number of rotatable bonds is 4. The molecule has 106 valence electrons. The molecule has 0 aromatic heterocycles. The molecule has 1 atom stereocenters. The first-order chi connectivity index (χ1) is 9.47. The zero-order valence-corrected chi connectivity index (χ0v) is 13.7. The average Bonchev–Trinajstić information content (AvgIpc) is 2.41. The van der Waals surface area contributed by atoms with Gasteiger partial charge in [-0.1, -0.05) is 71.7 Å². The standard InChI is InChI=1S/C18H20BrF/c1-12(2)10-14-5-7-15(8-6-14)18(19)16-11-13(3)4-9-17(16)20/h4-9,11-12,18H,10H2,1-3H3. The molecule has 0 N–H and O–H groups in total. The minimum Gasteiger partial charge on any atom is -0.207 e. The predicted octanol–water partition coefficient (Wildman–Crippen LogP) is 5.82. The highest BCUT2D eigenvalue weighted by atomic mass is 79.9. The Hall–Kier alpha value is -1.15. The van der Waals surface area contributed by atoms with E-state index < -0.39 is 0 Å². The van der Waals surface area contributed by atoms with Gasteiger partial charge >= 0.3 is 0 Å². The van der Waals surface area contributed by atoms with Crippen LogP contribution in [0.2, 0.25) is 0 Å². The molecule has 0 radical (unpaired) electrons. The summed E-state index contributed by atoms with van der Waals surface area (Å²) in [5.74, 6) is 0.485. The molecule has 0 heterocycles. The van der Waals surface area contributed by atoms with Crippen LogP contribution in [0.25, 0.3) is 0 Å². The van der Waals surface area contributed by atoms with Crippen LogP contribution in [0.4, 0.5) is 4.39 Å². The van der Waals surface area contributed by atoms with E-state index in [2.05, 4.69) is 54.0 Å². The minimum absolute atomic E-state index is 0.101. The Morgan fingerprint density at radius 1 is 1.05 bits per heavy atom. The summed E-state index contributed by atoms with van der Waals surface area (Å²) >= 11 is 3.61. The van der Waals surface area contributed by atoms with Crippen molar-refractivity contribution in [1.29, 1.82) is 0 Å². The Labute approximate surface area is 129 Å². The van der Waals surface area contributed by atoms with Crippen molar-refractivity contribution in [2.45, 2.75) is 32.0 Å². The molecule has 0 nitrogen and oxygen atoms in total. The Morgan fingerprint density at radius 3 is 2.30 bits per heavy atom. The lowest BCUT2D eigenvalue weighted by molar-refractivity contribution is 0.613. The molecule has 0 aliphatic rings. The lowest BCUT2D eigenvalue weighted by Gasteiger charge is -2.14. The zero-order valence-electron chi connectivity index (χ0n) is 12.2. The maximum absolute atomic E-state index is 13.9. The van der Waals surface area contributed by atoms with E-state index in [0.717, 1.165) is 17.5 Å². The summed E-state index contributed by atoms with van der Waals surface area (Å²) in [7, 11) is 0. The highest BCUT2D eigenvalue weighted by Gasteiger charge is 2.15. The normalized spacial score (nSPS) is 12.7. The lowest BCUT2D eigenvalue weighted by Crippen LogP contribution is -1.99. The molecule has 0 bridgehead atoms. The fourth-order valence-corrected chi connectivity index (χ4v) is 2.99. The van der Waals surface area contributed by atoms with Gasteiger partial charge in [-0.3, -0.25) is 0 Å². The fraction of sp³-hybridized carbons (Fsp3) is 0.333. The molecule has 2 heteroatoms. The fourth-order valence-electron chi connectivity index (χ4n) is 2.33. The topological polar surface area (TPSA) is 0 Å². The number of benzene rings is 2. The second-order valence-corrected chi connectivity index (χ2v) is 6.64. The number of hydrogen-bond acceptors (Lipinski definition) is 0. The average molecular weight is 335 g/mol. The first-order valence-corrected chi connectivity index (χ1v) is 7.88. The Bertz CT molecular complexity index is 572. The number of aryl methyl sites for hydroxylation is 1. The summed E-state index contributed by atoms with van der Waals surface area (Å²) in [6.45, 7) is 6.40. The van der Waals surface area contributed by atoms with Gasteiger partial charge in [0.15, 0.2) is 0 Å². The van der Waals surface area contributed by atoms with Crippen LogP contribution in [0.15, 0.2) is 42.5 Å². The van der Waals surface area contributed by atoms with Crippen LogP contribution >= 0.6 is 15.9 Å². The Balaban J connectivity index is 2.24. The lowest BCUT2D eigenvalue weighted by atomic mass is 9.98.